The molecule has 0 aliphatic carbocycles. The van der Waals surface area contributed by atoms with E-state index < -0.39 is 0 Å². The fourth-order valence-electron chi connectivity index (χ4n) is 0.494. The molecular formula is C6H13N3S. The molecule has 58 valence electrons. The minimum Gasteiger partial charge on any atom is -0.390 e. The lowest BCUT2D eigenvalue weighted by Gasteiger charge is -2.06. The van der Waals surface area contributed by atoms with E-state index in [1.807, 2.05) is 19.0 Å². The Labute approximate surface area is 67.0 Å². The number of hydrogen-bond donors (Lipinski definition) is 2. The van der Waals surface area contributed by atoms with Crippen LogP contribution in [0.2, 0.25) is 0 Å². The summed E-state index contributed by atoms with van der Waals surface area (Å²) in [5, 5.41) is 0. The highest BCUT2D eigenvalue weighted by Crippen LogP contribution is 2.00. The lowest BCUT2D eigenvalue weighted by Crippen LogP contribution is -2.12. The Morgan fingerprint density at radius 3 is 2.70 bits per heavy atom. The van der Waals surface area contributed by atoms with Crippen molar-refractivity contribution in [3.8, 4) is 0 Å². The van der Waals surface area contributed by atoms with Gasteiger partial charge < -0.3 is 10.6 Å². The number of nitrogens with two attached hydrogens (primary N) is 1. The summed E-state index contributed by atoms with van der Waals surface area (Å²) < 4.78 is 0. The van der Waals surface area contributed by atoms with Crippen molar-refractivity contribution in [3.05, 3.63) is 11.1 Å². The average Bonchev–Trinajstić information content (AvgIpc) is 1.82. The Balaban J connectivity index is 3.71. The van der Waals surface area contributed by atoms with E-state index in [1.54, 1.807) is 6.20 Å². The molecule has 0 aromatic heterocycles. The summed E-state index contributed by atoms with van der Waals surface area (Å²) in [6, 6.07) is 0. The first-order chi connectivity index (χ1) is 4.66. The molecule has 0 heterocycles. The molecule has 4 heteroatoms. The predicted octanol–water partition coefficient (Wildman–Crippen LogP) is 0.306. The largest absolute Gasteiger partial charge is 0.390 e. The summed E-state index contributed by atoms with van der Waals surface area (Å²) in [5.41, 5.74) is 5.02. The van der Waals surface area contributed by atoms with Crippen molar-refractivity contribution in [2.24, 2.45) is 10.7 Å². The number of thiol groups is 1. The average molecular weight is 159 g/mol. The molecule has 0 aliphatic rings. The van der Waals surface area contributed by atoms with E-state index in [2.05, 4.69) is 17.6 Å². The number of hydrogen-bond acceptors (Lipinski definition) is 3. The smallest absolute Gasteiger partial charge is 0.0853 e. The zero-order valence-corrected chi connectivity index (χ0v) is 7.18. The zero-order valence-electron chi connectivity index (χ0n) is 6.28. The van der Waals surface area contributed by atoms with Crippen LogP contribution >= 0.6 is 12.6 Å². The number of aliphatic imine (C=N–C) groups is 1. The Morgan fingerprint density at radius 1 is 1.70 bits per heavy atom. The molecule has 0 saturated carbocycles. The van der Waals surface area contributed by atoms with Crippen LogP contribution in [0, 0.1) is 0 Å². The van der Waals surface area contributed by atoms with E-state index in [-0.39, 0.29) is 0 Å². The standard InChI is InChI=1S/C6H13N3S/c1-9(2)4-6(10)3-8-5-7/h3,5,10H,4H2,1-2H3,(H2,7,8)/b6-3-. The van der Waals surface area contributed by atoms with Gasteiger partial charge in [0.2, 0.25) is 0 Å². The van der Waals surface area contributed by atoms with E-state index in [9.17, 15) is 0 Å². The molecule has 0 aromatic carbocycles. The van der Waals surface area contributed by atoms with E-state index in [0.717, 1.165) is 11.4 Å². The fraction of sp³-hybridized carbons (Fsp3) is 0.500. The molecule has 0 aromatic rings. The SMILES string of the molecule is CN(C)C/C(S)=C/N=CN. The predicted molar refractivity (Wildman–Crippen MR) is 48.3 cm³/mol. The topological polar surface area (TPSA) is 41.6 Å². The minimum absolute atomic E-state index is 0.792. The van der Waals surface area contributed by atoms with Gasteiger partial charge in [-0.3, -0.25) is 0 Å². The van der Waals surface area contributed by atoms with Crippen LogP contribution in [0.1, 0.15) is 0 Å². The fourth-order valence-corrected chi connectivity index (χ4v) is 0.843. The molecule has 3 nitrogen and oxygen atoms in total. The van der Waals surface area contributed by atoms with Gasteiger partial charge in [-0.05, 0) is 14.1 Å². The van der Waals surface area contributed by atoms with Gasteiger partial charge in [0, 0.05) is 17.6 Å². The zero-order chi connectivity index (χ0) is 7.98. The van der Waals surface area contributed by atoms with Gasteiger partial charge in [0.05, 0.1) is 6.34 Å². The van der Waals surface area contributed by atoms with Crippen molar-refractivity contribution in [3.63, 3.8) is 0 Å². The van der Waals surface area contributed by atoms with Crippen molar-refractivity contribution >= 4 is 19.0 Å². The van der Waals surface area contributed by atoms with Gasteiger partial charge in [-0.25, -0.2) is 4.99 Å². The summed E-state index contributed by atoms with van der Waals surface area (Å²) >= 11 is 4.15. The molecule has 0 fully saturated rings. The molecule has 0 unspecified atom stereocenters. The third-order valence-electron chi connectivity index (χ3n) is 0.788. The van der Waals surface area contributed by atoms with Gasteiger partial charge in [0.15, 0.2) is 0 Å². The van der Waals surface area contributed by atoms with Crippen LogP contribution in [0.5, 0.6) is 0 Å². The van der Waals surface area contributed by atoms with Crippen molar-refractivity contribution in [1.82, 2.24) is 4.90 Å². The summed E-state index contributed by atoms with van der Waals surface area (Å²) in [7, 11) is 3.94. The third kappa shape index (κ3) is 5.65. The van der Waals surface area contributed by atoms with E-state index >= 15 is 0 Å². The summed E-state index contributed by atoms with van der Waals surface area (Å²) in [6.45, 7) is 0.792. The summed E-state index contributed by atoms with van der Waals surface area (Å²) in [6.07, 6.45) is 2.87. The summed E-state index contributed by atoms with van der Waals surface area (Å²) in [5.74, 6) is 0. The molecule has 0 radical (unpaired) electrons. The van der Waals surface area contributed by atoms with Crippen LogP contribution in [0.15, 0.2) is 16.1 Å². The van der Waals surface area contributed by atoms with Crippen molar-refractivity contribution in [2.75, 3.05) is 20.6 Å². The molecular weight excluding hydrogens is 146 g/mol. The van der Waals surface area contributed by atoms with Crippen LogP contribution in [0.25, 0.3) is 0 Å². The monoisotopic (exact) mass is 159 g/mol. The first-order valence-electron chi connectivity index (χ1n) is 2.93. The second-order valence-electron chi connectivity index (χ2n) is 2.16. The van der Waals surface area contributed by atoms with Crippen LogP contribution in [0.4, 0.5) is 0 Å². The number of likely N-dealkylation sites (N-methyl/N-ethyl adjacent to an activating group) is 1. The Morgan fingerprint density at radius 2 is 2.30 bits per heavy atom. The van der Waals surface area contributed by atoms with Crippen LogP contribution in [-0.2, 0) is 0 Å². The summed E-state index contributed by atoms with van der Waals surface area (Å²) in [4.78, 5) is 6.61. The molecule has 0 amide bonds. The maximum atomic E-state index is 5.02. The lowest BCUT2D eigenvalue weighted by molar-refractivity contribution is 0.453. The molecule has 0 aliphatic heterocycles. The van der Waals surface area contributed by atoms with Crippen LogP contribution < -0.4 is 5.73 Å². The van der Waals surface area contributed by atoms with Crippen molar-refractivity contribution in [2.45, 2.75) is 0 Å². The molecule has 2 N–H and O–H groups in total. The Hall–Kier alpha value is -0.480. The number of rotatable bonds is 3. The second-order valence-corrected chi connectivity index (χ2v) is 2.73. The highest BCUT2D eigenvalue weighted by molar-refractivity contribution is 7.84. The maximum absolute atomic E-state index is 5.02. The van der Waals surface area contributed by atoms with Crippen molar-refractivity contribution in [1.29, 1.82) is 0 Å². The molecule has 0 atom stereocenters. The minimum atomic E-state index is 0.792. The van der Waals surface area contributed by atoms with Gasteiger partial charge >= 0.3 is 0 Å². The second kappa shape index (κ2) is 5.32. The number of nitrogens with zero attached hydrogens (tertiary/aromatic N) is 2. The highest BCUT2D eigenvalue weighted by atomic mass is 32.1. The van der Waals surface area contributed by atoms with Gasteiger partial charge in [0.1, 0.15) is 0 Å². The van der Waals surface area contributed by atoms with Gasteiger partial charge in [0.25, 0.3) is 0 Å². The molecule has 0 saturated heterocycles. The molecule has 0 rings (SSSR count). The third-order valence-corrected chi connectivity index (χ3v) is 1.04. The Kier molecular flexibility index (Phi) is 5.06. The van der Waals surface area contributed by atoms with E-state index in [1.165, 1.54) is 6.34 Å². The van der Waals surface area contributed by atoms with Gasteiger partial charge in [-0.15, -0.1) is 12.6 Å². The normalized spacial score (nSPS) is 13.4. The first-order valence-corrected chi connectivity index (χ1v) is 3.37. The highest BCUT2D eigenvalue weighted by Gasteiger charge is 1.90. The lowest BCUT2D eigenvalue weighted by atomic mass is 10.5. The van der Waals surface area contributed by atoms with Crippen LogP contribution in [-0.4, -0.2) is 31.9 Å². The van der Waals surface area contributed by atoms with E-state index in [0.29, 0.717) is 0 Å². The molecule has 10 heavy (non-hydrogen) atoms. The Bertz CT molecular complexity index is 140. The molecule has 0 bridgehead atoms. The first kappa shape index (κ1) is 9.52. The van der Waals surface area contributed by atoms with Crippen LogP contribution in [0.3, 0.4) is 0 Å². The maximum Gasteiger partial charge on any atom is 0.0853 e. The quantitative estimate of drug-likeness (QED) is 0.353. The molecule has 0 spiro atoms. The van der Waals surface area contributed by atoms with Crippen molar-refractivity contribution < 1.29 is 0 Å². The van der Waals surface area contributed by atoms with E-state index in [4.69, 9.17) is 5.73 Å². The van der Waals surface area contributed by atoms with Gasteiger partial charge in [-0.2, -0.15) is 0 Å². The van der Waals surface area contributed by atoms with Gasteiger partial charge in [-0.1, -0.05) is 0 Å².